The predicted molar refractivity (Wildman–Crippen MR) is 104 cm³/mol. The molecule has 13 heteroatoms. The van der Waals surface area contributed by atoms with E-state index in [4.69, 9.17) is 19.6 Å². The number of anilines is 1. The summed E-state index contributed by atoms with van der Waals surface area (Å²) < 4.78 is 22.1. The number of rotatable bonds is 5. The van der Waals surface area contributed by atoms with E-state index in [1.54, 1.807) is 37.3 Å². The lowest BCUT2D eigenvalue weighted by atomic mass is 10.1. The lowest BCUT2D eigenvalue weighted by Crippen LogP contribution is -2.19. The molecule has 0 bridgehead atoms. The molecule has 156 valence electrons. The summed E-state index contributed by atoms with van der Waals surface area (Å²) in [5.74, 6) is 1.73. The molecule has 13 nitrogen and oxygen atoms in total. The third kappa shape index (κ3) is 3.33. The number of nitrogens with one attached hydrogen (secondary N) is 1. The monoisotopic (exact) mass is 422 g/mol. The molecular formula is C18H14N8O5. The lowest BCUT2D eigenvalue weighted by Gasteiger charge is -2.06. The summed E-state index contributed by atoms with van der Waals surface area (Å²) in [6.07, 6.45) is 1.37. The van der Waals surface area contributed by atoms with Crippen LogP contribution in [-0.2, 0) is 0 Å². The van der Waals surface area contributed by atoms with E-state index < -0.39 is 5.91 Å². The Hall–Kier alpha value is -4.68. The molecule has 1 amide bonds. The van der Waals surface area contributed by atoms with Crippen molar-refractivity contribution in [2.75, 3.05) is 12.5 Å². The number of ether oxygens (including phenoxy) is 2. The molecule has 5 rings (SSSR count). The van der Waals surface area contributed by atoms with Crippen molar-refractivity contribution in [3.63, 3.8) is 0 Å². The Bertz CT molecular complexity index is 1300. The fourth-order valence-corrected chi connectivity index (χ4v) is 2.95. The fourth-order valence-electron chi connectivity index (χ4n) is 2.95. The van der Waals surface area contributed by atoms with Gasteiger partial charge in [-0.25, -0.2) is 10.1 Å². The number of aromatic nitrogens is 5. The Morgan fingerprint density at radius 3 is 2.87 bits per heavy atom. The van der Waals surface area contributed by atoms with Gasteiger partial charge in [-0.15, -0.1) is 5.10 Å². The third-order valence-electron chi connectivity index (χ3n) is 4.35. The van der Waals surface area contributed by atoms with E-state index in [0.29, 0.717) is 22.8 Å². The molecule has 3 N–H and O–H groups in total. The molecule has 0 fully saturated rings. The van der Waals surface area contributed by atoms with Crippen molar-refractivity contribution in [1.82, 2.24) is 30.7 Å². The maximum Gasteiger partial charge on any atom is 0.294 e. The van der Waals surface area contributed by atoms with Crippen LogP contribution in [0.2, 0.25) is 0 Å². The number of nitrogens with two attached hydrogens (primary N) is 1. The van der Waals surface area contributed by atoms with Gasteiger partial charge in [-0.05, 0) is 47.6 Å². The molecule has 1 aliphatic heterocycles. The molecule has 4 heterocycles. The minimum absolute atomic E-state index is 0.0231. The summed E-state index contributed by atoms with van der Waals surface area (Å²) >= 11 is 0. The molecule has 0 radical (unpaired) electrons. The highest BCUT2D eigenvalue weighted by atomic mass is 16.7. The number of aryl methyl sites for hydroxylation is 1. The van der Waals surface area contributed by atoms with Gasteiger partial charge in [0.1, 0.15) is 17.2 Å². The summed E-state index contributed by atoms with van der Waals surface area (Å²) in [5.41, 5.74) is 9.00. The molecule has 3 aromatic heterocycles. The third-order valence-corrected chi connectivity index (χ3v) is 4.35. The molecule has 0 saturated heterocycles. The van der Waals surface area contributed by atoms with Crippen molar-refractivity contribution >= 4 is 17.9 Å². The van der Waals surface area contributed by atoms with Gasteiger partial charge in [-0.3, -0.25) is 4.79 Å². The second-order valence-electron chi connectivity index (χ2n) is 6.39. The summed E-state index contributed by atoms with van der Waals surface area (Å²) in [5, 5.41) is 19.2. The van der Waals surface area contributed by atoms with Crippen molar-refractivity contribution < 1.29 is 23.3 Å². The molecule has 0 unspecified atom stereocenters. The van der Waals surface area contributed by atoms with Crippen LogP contribution in [0.3, 0.4) is 0 Å². The molecule has 1 aliphatic rings. The Morgan fingerprint density at radius 1 is 1.23 bits per heavy atom. The van der Waals surface area contributed by atoms with Crippen molar-refractivity contribution in [2.45, 2.75) is 6.92 Å². The number of amides is 1. The Kier molecular flexibility index (Phi) is 4.32. The minimum atomic E-state index is -0.617. The maximum absolute atomic E-state index is 12.8. The lowest BCUT2D eigenvalue weighted by molar-refractivity contribution is 0.0950. The first-order valence-electron chi connectivity index (χ1n) is 8.94. The normalized spacial score (nSPS) is 12.5. The average Bonchev–Trinajstić information content (AvgIpc) is 3.53. The van der Waals surface area contributed by atoms with Crippen molar-refractivity contribution in [1.29, 1.82) is 0 Å². The van der Waals surface area contributed by atoms with Crippen molar-refractivity contribution in [2.24, 2.45) is 5.10 Å². The second kappa shape index (κ2) is 7.29. The molecule has 0 saturated carbocycles. The predicted octanol–water partition coefficient (Wildman–Crippen LogP) is 1.29. The van der Waals surface area contributed by atoms with Crippen LogP contribution in [0.4, 0.5) is 5.82 Å². The van der Waals surface area contributed by atoms with E-state index >= 15 is 0 Å². The summed E-state index contributed by atoms with van der Waals surface area (Å²) in [7, 11) is 0. The van der Waals surface area contributed by atoms with E-state index in [0.717, 1.165) is 5.76 Å². The molecule has 0 spiro atoms. The van der Waals surface area contributed by atoms with E-state index in [1.807, 2.05) is 0 Å². The number of hydrogen-bond donors (Lipinski definition) is 2. The number of benzene rings is 1. The summed E-state index contributed by atoms with van der Waals surface area (Å²) in [4.78, 5) is 12.8. The molecular weight excluding hydrogens is 408 g/mol. The topological polar surface area (TPSA) is 169 Å². The number of hydrogen-bond acceptors (Lipinski definition) is 11. The van der Waals surface area contributed by atoms with E-state index in [2.05, 4.69) is 35.8 Å². The van der Waals surface area contributed by atoms with Gasteiger partial charge in [0.05, 0.1) is 6.21 Å². The highest BCUT2D eigenvalue weighted by molar-refractivity contribution is 5.98. The van der Waals surface area contributed by atoms with Crippen LogP contribution in [0.5, 0.6) is 11.5 Å². The SMILES string of the molecule is Cc1ccc(C=NNC(=O)c2nnn(-c3nonc3N)c2-c2ccc3c(c2)OCO3)o1. The highest BCUT2D eigenvalue weighted by Gasteiger charge is 2.26. The van der Waals surface area contributed by atoms with Crippen molar-refractivity contribution in [3.8, 4) is 28.6 Å². The molecule has 4 aromatic rings. The zero-order valence-corrected chi connectivity index (χ0v) is 16.0. The van der Waals surface area contributed by atoms with Crippen molar-refractivity contribution in [3.05, 3.63) is 47.5 Å². The Balaban J connectivity index is 1.53. The standard InChI is InChI=1S/C18H14N8O5/c1-9-2-4-11(30-9)7-20-22-18(27)14-15(10-3-5-12-13(6-10)29-8-28-12)26(25-21-14)17-16(19)23-31-24-17/h2-7H,8H2,1H3,(H2,19,23)(H,22,27). The van der Waals surface area contributed by atoms with Gasteiger partial charge in [0, 0.05) is 5.56 Å². The first kappa shape index (κ1) is 18.4. The van der Waals surface area contributed by atoms with E-state index in [1.165, 1.54) is 10.9 Å². The number of carbonyl (C=O) groups excluding carboxylic acids is 1. The van der Waals surface area contributed by atoms with Gasteiger partial charge in [-0.1, -0.05) is 5.21 Å². The van der Waals surface area contributed by atoms with Gasteiger partial charge in [0.2, 0.25) is 18.4 Å². The zero-order valence-electron chi connectivity index (χ0n) is 16.0. The van der Waals surface area contributed by atoms with Crippen LogP contribution in [0, 0.1) is 6.92 Å². The van der Waals surface area contributed by atoms with Crippen LogP contribution in [0.1, 0.15) is 22.0 Å². The summed E-state index contributed by atoms with van der Waals surface area (Å²) in [6.45, 7) is 1.90. The fraction of sp³-hybridized carbons (Fsp3) is 0.111. The minimum Gasteiger partial charge on any atom is -0.460 e. The highest BCUT2D eigenvalue weighted by Crippen LogP contribution is 2.37. The largest absolute Gasteiger partial charge is 0.460 e. The molecule has 0 atom stereocenters. The van der Waals surface area contributed by atoms with Gasteiger partial charge in [0.15, 0.2) is 17.2 Å². The Labute approximate surface area is 173 Å². The molecule has 31 heavy (non-hydrogen) atoms. The maximum atomic E-state index is 12.8. The first-order valence-corrected chi connectivity index (χ1v) is 8.94. The number of nitrogen functional groups attached to an aromatic ring is 1. The number of furan rings is 1. The quantitative estimate of drug-likeness (QED) is 0.353. The smallest absolute Gasteiger partial charge is 0.294 e. The average molecular weight is 422 g/mol. The Morgan fingerprint density at radius 2 is 2.10 bits per heavy atom. The van der Waals surface area contributed by atoms with Gasteiger partial charge >= 0.3 is 0 Å². The second-order valence-corrected chi connectivity index (χ2v) is 6.39. The molecule has 1 aromatic carbocycles. The van der Waals surface area contributed by atoms with E-state index in [-0.39, 0.29) is 29.8 Å². The number of nitrogens with zero attached hydrogens (tertiary/aromatic N) is 6. The van der Waals surface area contributed by atoms with Crippen LogP contribution in [0.15, 0.2) is 44.5 Å². The van der Waals surface area contributed by atoms with Crippen LogP contribution < -0.4 is 20.6 Å². The number of carbonyl (C=O) groups is 1. The first-order chi connectivity index (χ1) is 15.1. The van der Waals surface area contributed by atoms with Gasteiger partial charge in [-0.2, -0.15) is 9.78 Å². The van der Waals surface area contributed by atoms with Crippen LogP contribution in [-0.4, -0.2) is 44.2 Å². The number of hydrazone groups is 1. The zero-order chi connectivity index (χ0) is 21.4. The number of fused-ring (bicyclic) bond motifs is 1. The van der Waals surface area contributed by atoms with Crippen LogP contribution >= 0.6 is 0 Å². The molecule has 0 aliphatic carbocycles. The van der Waals surface area contributed by atoms with Gasteiger partial charge < -0.3 is 19.6 Å². The van der Waals surface area contributed by atoms with E-state index in [9.17, 15) is 4.79 Å². The van der Waals surface area contributed by atoms with Crippen LogP contribution in [0.25, 0.3) is 17.1 Å². The summed E-state index contributed by atoms with van der Waals surface area (Å²) in [6, 6.07) is 8.62. The van der Waals surface area contributed by atoms with Gasteiger partial charge in [0.25, 0.3) is 5.91 Å².